The Morgan fingerprint density at radius 1 is 1.13 bits per heavy atom. The van der Waals surface area contributed by atoms with Crippen molar-refractivity contribution in [3.8, 4) is 0 Å². The Labute approximate surface area is 248 Å². The predicted octanol–water partition coefficient (Wildman–Crippen LogP) is -2.22. The first-order valence-corrected chi connectivity index (χ1v) is 14.4. The zero-order valence-corrected chi connectivity index (χ0v) is 25.1. The van der Waals surface area contributed by atoms with Crippen molar-refractivity contribution in [1.82, 2.24) is 24.7 Å². The van der Waals surface area contributed by atoms with Crippen LogP contribution in [0.15, 0.2) is 17.5 Å². The second-order valence-electron chi connectivity index (χ2n) is 8.82. The van der Waals surface area contributed by atoms with Crippen LogP contribution in [0.4, 0.5) is 4.79 Å². The number of nitrogens with one attached hydrogen (secondary N) is 2. The number of carbonyl (C=O) groups excluding carboxylic acids is 5. The molecular weight excluding hydrogens is 549 g/mol. The van der Waals surface area contributed by atoms with Crippen molar-refractivity contribution in [3.63, 3.8) is 0 Å². The number of urea groups is 1. The molecule has 0 radical (unpaired) electrons. The monoisotopic (exact) mass is 581 g/mol. The summed E-state index contributed by atoms with van der Waals surface area (Å²) < 4.78 is 31.4. The number of thiophene rings is 1. The number of amides is 6. The molecule has 0 spiro atoms. The fourth-order valence-electron chi connectivity index (χ4n) is 4.05. The molecule has 0 aliphatic carbocycles. The van der Waals surface area contributed by atoms with Gasteiger partial charge in [-0.1, -0.05) is 45.1 Å². The van der Waals surface area contributed by atoms with E-state index in [1.807, 2.05) is 0 Å². The van der Waals surface area contributed by atoms with Gasteiger partial charge < -0.3 is 17.0 Å². The van der Waals surface area contributed by atoms with Crippen molar-refractivity contribution in [2.45, 2.75) is 57.5 Å². The average Bonchev–Trinajstić information content (AvgIpc) is 3.38. The Morgan fingerprint density at radius 2 is 1.82 bits per heavy atom. The van der Waals surface area contributed by atoms with Gasteiger partial charge in [0.05, 0.1) is 6.54 Å². The van der Waals surface area contributed by atoms with Crippen molar-refractivity contribution in [2.24, 2.45) is 0 Å². The van der Waals surface area contributed by atoms with Gasteiger partial charge in [0.2, 0.25) is 5.91 Å². The van der Waals surface area contributed by atoms with Crippen LogP contribution in [-0.4, -0.2) is 89.0 Å². The molecule has 0 bridgehead atoms. The molecule has 1 aromatic rings. The minimum atomic E-state index is -4.72. The van der Waals surface area contributed by atoms with Crippen molar-refractivity contribution < 1.29 is 67.9 Å². The number of hydrogen-bond acceptors (Lipinski definition) is 8. The van der Waals surface area contributed by atoms with E-state index in [0.29, 0.717) is 11.4 Å². The van der Waals surface area contributed by atoms with Gasteiger partial charge in [-0.15, -0.1) is 11.3 Å². The van der Waals surface area contributed by atoms with Crippen molar-refractivity contribution in [3.05, 3.63) is 22.4 Å². The normalized spacial score (nSPS) is 18.5. The van der Waals surface area contributed by atoms with E-state index >= 15 is 0 Å². The maximum Gasteiger partial charge on any atom is 1.00 e. The summed E-state index contributed by atoms with van der Waals surface area (Å²) in [5.41, 5.74) is 0. The minimum absolute atomic E-state index is 0. The summed E-state index contributed by atoms with van der Waals surface area (Å²) in [4.78, 5) is 65.5. The SMILES string of the molecule is CCCCCCCCN1CCN(C(=O)NC(C(=O)NC2CN(S(=O)(=O)O)C2=O)c2cccs2)C(=O)C1=O.[H-].[Na+]. The van der Waals surface area contributed by atoms with Crippen LogP contribution in [0.5, 0.6) is 0 Å². The molecule has 3 rings (SSSR count). The van der Waals surface area contributed by atoms with Gasteiger partial charge >= 0.3 is 57.7 Å². The largest absolute Gasteiger partial charge is 1.00 e. The number of rotatable bonds is 12. The number of imide groups is 1. The molecule has 2 unspecified atom stereocenters. The number of hydrogen-bond donors (Lipinski definition) is 3. The summed E-state index contributed by atoms with van der Waals surface area (Å²) in [5.74, 6) is -3.60. The van der Waals surface area contributed by atoms with E-state index in [9.17, 15) is 32.4 Å². The van der Waals surface area contributed by atoms with Gasteiger partial charge in [-0.05, 0) is 17.9 Å². The third-order valence-corrected chi connectivity index (χ3v) is 8.00. The van der Waals surface area contributed by atoms with Gasteiger partial charge in [-0.3, -0.25) is 28.6 Å². The molecular formula is C22H32N5NaO8S2. The molecule has 2 aliphatic rings. The predicted molar refractivity (Wildman–Crippen MR) is 134 cm³/mol. The van der Waals surface area contributed by atoms with Crippen LogP contribution in [0.3, 0.4) is 0 Å². The van der Waals surface area contributed by atoms with E-state index in [4.69, 9.17) is 4.55 Å². The number of β-lactam (4-membered cyclic amide) rings is 1. The van der Waals surface area contributed by atoms with E-state index in [1.165, 1.54) is 4.90 Å². The maximum atomic E-state index is 12.9. The first-order valence-electron chi connectivity index (χ1n) is 12.1. The fraction of sp³-hybridized carbons (Fsp3) is 0.591. The Bertz CT molecular complexity index is 1140. The zero-order chi connectivity index (χ0) is 27.2. The van der Waals surface area contributed by atoms with Gasteiger partial charge in [0.25, 0.3) is 5.91 Å². The molecule has 16 heteroatoms. The number of nitrogens with zero attached hydrogens (tertiary/aromatic N) is 3. The van der Waals surface area contributed by atoms with E-state index in [1.54, 1.807) is 17.5 Å². The molecule has 1 aromatic heterocycles. The topological polar surface area (TPSA) is 173 Å². The van der Waals surface area contributed by atoms with Gasteiger partial charge in [-0.25, -0.2) is 9.10 Å². The van der Waals surface area contributed by atoms with Crippen LogP contribution < -0.4 is 40.2 Å². The Hall–Kier alpha value is -2.04. The second kappa shape index (κ2) is 14.4. The van der Waals surface area contributed by atoms with E-state index in [2.05, 4.69) is 17.6 Å². The van der Waals surface area contributed by atoms with Gasteiger partial charge in [-0.2, -0.15) is 8.42 Å². The average molecular weight is 582 g/mol. The van der Waals surface area contributed by atoms with Crippen molar-refractivity contribution in [2.75, 3.05) is 26.2 Å². The quantitative estimate of drug-likeness (QED) is 0.0818. The van der Waals surface area contributed by atoms with E-state index < -0.39 is 58.6 Å². The maximum absolute atomic E-state index is 12.9. The Morgan fingerprint density at radius 3 is 2.42 bits per heavy atom. The van der Waals surface area contributed by atoms with E-state index in [-0.39, 0.29) is 48.4 Å². The van der Waals surface area contributed by atoms with Crippen LogP contribution in [0.2, 0.25) is 0 Å². The smallest absolute Gasteiger partial charge is 1.00 e. The molecule has 206 valence electrons. The summed E-state index contributed by atoms with van der Waals surface area (Å²) in [6.07, 6.45) is 6.21. The van der Waals surface area contributed by atoms with Gasteiger partial charge in [0, 0.05) is 24.5 Å². The molecule has 0 aromatic carbocycles. The number of carbonyl (C=O) groups is 5. The molecule has 2 atom stereocenters. The third-order valence-electron chi connectivity index (χ3n) is 6.18. The van der Waals surface area contributed by atoms with Crippen LogP contribution >= 0.6 is 11.3 Å². The molecule has 13 nitrogen and oxygen atoms in total. The van der Waals surface area contributed by atoms with Crippen LogP contribution in [0.1, 0.15) is 57.8 Å². The standard InChI is InChI=1S/C22H31N5O8S2.Na.H/c1-2-3-4-5-6-7-10-25-11-12-26(21(31)20(25)30)22(32)24-17(16-9-8-13-36-16)18(28)23-15-14-27(19(15)29)37(33,34)35;;/h8-9,13,15,17H,2-7,10-12,14H2,1H3,(H,23,28)(H,24,32)(H,33,34,35);;/q;+1;-1. The summed E-state index contributed by atoms with van der Waals surface area (Å²) >= 11 is 1.14. The Balaban J connectivity index is 0.00000380. The number of unbranched alkanes of at least 4 members (excludes halogenated alkanes) is 5. The first kappa shape index (κ1) is 32.2. The summed E-state index contributed by atoms with van der Waals surface area (Å²) in [5, 5.41) is 6.44. The molecule has 2 aliphatic heterocycles. The molecule has 38 heavy (non-hydrogen) atoms. The Kier molecular flexibility index (Phi) is 12.2. The first-order chi connectivity index (χ1) is 17.5. The molecule has 6 amide bonds. The fourth-order valence-corrected chi connectivity index (χ4v) is 5.52. The molecule has 2 saturated heterocycles. The van der Waals surface area contributed by atoms with Crippen LogP contribution in [0, 0.1) is 0 Å². The minimum Gasteiger partial charge on any atom is -1.00 e. The summed E-state index contributed by atoms with van der Waals surface area (Å²) in [6.45, 7) is 2.26. The molecule has 3 heterocycles. The second-order valence-corrected chi connectivity index (χ2v) is 11.1. The van der Waals surface area contributed by atoms with Crippen LogP contribution in [-0.2, 0) is 29.5 Å². The van der Waals surface area contributed by atoms with E-state index in [0.717, 1.165) is 54.8 Å². The van der Waals surface area contributed by atoms with Gasteiger partial charge in [0.15, 0.2) is 0 Å². The van der Waals surface area contributed by atoms with Crippen molar-refractivity contribution >= 4 is 51.3 Å². The van der Waals surface area contributed by atoms with Gasteiger partial charge in [0.1, 0.15) is 12.1 Å². The third kappa shape index (κ3) is 7.99. The van der Waals surface area contributed by atoms with Crippen LogP contribution in [0.25, 0.3) is 0 Å². The zero-order valence-electron chi connectivity index (χ0n) is 22.4. The summed E-state index contributed by atoms with van der Waals surface area (Å²) in [7, 11) is -4.72. The molecule has 3 N–H and O–H groups in total. The molecule has 0 saturated carbocycles. The number of piperazine rings is 1. The summed E-state index contributed by atoms with van der Waals surface area (Å²) in [6, 6.07) is -0.248. The molecule has 2 fully saturated rings. The van der Waals surface area contributed by atoms with Crippen molar-refractivity contribution in [1.29, 1.82) is 0 Å².